The van der Waals surface area contributed by atoms with E-state index in [4.69, 9.17) is 4.74 Å². The molecule has 0 heterocycles. The summed E-state index contributed by atoms with van der Waals surface area (Å²) >= 11 is 0. The predicted molar refractivity (Wildman–Crippen MR) is 77.2 cm³/mol. The third kappa shape index (κ3) is 4.56. The first-order chi connectivity index (χ1) is 9.10. The molecule has 0 aliphatic rings. The summed E-state index contributed by atoms with van der Waals surface area (Å²) in [6.07, 6.45) is 0. The maximum atomic E-state index is 11.9. The van der Waals surface area contributed by atoms with E-state index in [0.29, 0.717) is 13.2 Å². The van der Waals surface area contributed by atoms with E-state index in [9.17, 15) is 4.79 Å². The summed E-state index contributed by atoms with van der Waals surface area (Å²) in [5.41, 5.74) is 1.07. The number of nitrogens with one attached hydrogen (secondary N) is 1. The Hall–Kier alpha value is -1.55. The molecule has 0 saturated heterocycles. The number of ether oxygens (including phenoxy) is 1. The molecule has 0 spiro atoms. The molecule has 1 unspecified atom stereocenters. The molecule has 0 radical (unpaired) electrons. The normalized spacial score (nSPS) is 12.0. The van der Waals surface area contributed by atoms with Crippen molar-refractivity contribution < 1.29 is 9.53 Å². The van der Waals surface area contributed by atoms with Crippen LogP contribution < -0.4 is 10.1 Å². The maximum absolute atomic E-state index is 11.9. The van der Waals surface area contributed by atoms with Gasteiger partial charge in [-0.25, -0.2) is 0 Å². The molecule has 4 heteroatoms. The van der Waals surface area contributed by atoms with E-state index in [1.54, 1.807) is 4.90 Å². The van der Waals surface area contributed by atoms with E-state index < -0.39 is 0 Å². The van der Waals surface area contributed by atoms with Crippen LogP contribution in [0.15, 0.2) is 24.3 Å². The Balaban J connectivity index is 2.59. The van der Waals surface area contributed by atoms with Crippen LogP contribution in [0, 0.1) is 0 Å². The highest BCUT2D eigenvalue weighted by atomic mass is 16.5. The molecule has 1 aromatic carbocycles. The first-order valence-corrected chi connectivity index (χ1v) is 6.79. The van der Waals surface area contributed by atoms with Gasteiger partial charge in [0.05, 0.1) is 12.6 Å². The summed E-state index contributed by atoms with van der Waals surface area (Å²) < 4.78 is 5.56. The largest absolute Gasteiger partial charge is 0.494 e. The van der Waals surface area contributed by atoms with Crippen LogP contribution in [-0.2, 0) is 11.3 Å². The number of hydrogen-bond acceptors (Lipinski definition) is 3. The quantitative estimate of drug-likeness (QED) is 0.819. The maximum Gasteiger partial charge on any atom is 0.239 e. The van der Waals surface area contributed by atoms with Crippen LogP contribution in [-0.4, -0.2) is 37.0 Å². The van der Waals surface area contributed by atoms with Gasteiger partial charge < -0.3 is 15.0 Å². The molecule has 0 saturated carbocycles. The number of carbonyl (C=O) groups is 1. The van der Waals surface area contributed by atoms with Crippen LogP contribution in [0.3, 0.4) is 0 Å². The summed E-state index contributed by atoms with van der Waals surface area (Å²) in [7, 11) is 1.81. The molecule has 0 bridgehead atoms. The van der Waals surface area contributed by atoms with Gasteiger partial charge in [0, 0.05) is 25.7 Å². The summed E-state index contributed by atoms with van der Waals surface area (Å²) in [6, 6.07) is 7.70. The summed E-state index contributed by atoms with van der Waals surface area (Å²) in [5.74, 6) is 0.984. The molecule has 4 nitrogen and oxygen atoms in total. The van der Waals surface area contributed by atoms with Gasteiger partial charge >= 0.3 is 0 Å². The molecular weight excluding hydrogens is 240 g/mol. The fraction of sp³-hybridized carbons (Fsp3) is 0.533. The second kappa shape index (κ2) is 7.79. The van der Waals surface area contributed by atoms with E-state index in [2.05, 4.69) is 5.32 Å². The van der Waals surface area contributed by atoms with E-state index in [0.717, 1.165) is 17.9 Å². The van der Waals surface area contributed by atoms with Gasteiger partial charge in [0.15, 0.2) is 0 Å². The van der Waals surface area contributed by atoms with Crippen molar-refractivity contribution >= 4 is 5.91 Å². The molecular formula is C15H24N2O2. The van der Waals surface area contributed by atoms with Crippen LogP contribution >= 0.6 is 0 Å². The van der Waals surface area contributed by atoms with Gasteiger partial charge in [-0.05, 0) is 26.8 Å². The Morgan fingerprint density at radius 3 is 2.68 bits per heavy atom. The lowest BCUT2D eigenvalue weighted by Crippen LogP contribution is -2.42. The van der Waals surface area contributed by atoms with Gasteiger partial charge in [-0.15, -0.1) is 0 Å². The van der Waals surface area contributed by atoms with Crippen LogP contribution in [0.1, 0.15) is 26.3 Å². The molecule has 1 amide bonds. The number of likely N-dealkylation sites (N-methyl/N-ethyl adjacent to an activating group) is 1. The van der Waals surface area contributed by atoms with Gasteiger partial charge in [0.1, 0.15) is 5.75 Å². The first-order valence-electron chi connectivity index (χ1n) is 6.79. The summed E-state index contributed by atoms with van der Waals surface area (Å²) in [5, 5.41) is 3.24. The fourth-order valence-electron chi connectivity index (χ4n) is 1.78. The zero-order valence-electron chi connectivity index (χ0n) is 12.3. The molecule has 0 aliphatic heterocycles. The highest BCUT2D eigenvalue weighted by Crippen LogP contribution is 2.17. The molecule has 0 aromatic heterocycles. The number of nitrogens with zero attached hydrogens (tertiary/aromatic N) is 1. The third-order valence-corrected chi connectivity index (χ3v) is 3.09. The zero-order valence-corrected chi connectivity index (χ0v) is 12.3. The monoisotopic (exact) mass is 264 g/mol. The second-order valence-electron chi connectivity index (χ2n) is 4.50. The smallest absolute Gasteiger partial charge is 0.239 e. The van der Waals surface area contributed by atoms with Crippen LogP contribution in [0.5, 0.6) is 5.75 Å². The molecule has 19 heavy (non-hydrogen) atoms. The van der Waals surface area contributed by atoms with Gasteiger partial charge in [0.25, 0.3) is 0 Å². The highest BCUT2D eigenvalue weighted by molar-refractivity contribution is 5.81. The lowest BCUT2D eigenvalue weighted by molar-refractivity contribution is -0.131. The Labute approximate surface area is 115 Å². The van der Waals surface area contributed by atoms with Gasteiger partial charge in [-0.2, -0.15) is 0 Å². The minimum atomic E-state index is -0.195. The predicted octanol–water partition coefficient (Wildman–Crippen LogP) is 2.04. The van der Waals surface area contributed by atoms with Crippen molar-refractivity contribution in [2.75, 3.05) is 20.2 Å². The Morgan fingerprint density at radius 1 is 1.37 bits per heavy atom. The number of benzene rings is 1. The van der Waals surface area contributed by atoms with Crippen molar-refractivity contribution in [3.8, 4) is 5.75 Å². The standard InChI is InChI=1S/C15H24N2O2/c1-5-17(4)15(18)12(3)16-11-13-9-7-8-10-14(13)19-6-2/h7-10,12,16H,5-6,11H2,1-4H3. The SMILES string of the molecule is CCOc1ccccc1CNC(C)C(=O)N(C)CC. The summed E-state index contributed by atoms with van der Waals surface area (Å²) in [6.45, 7) is 7.81. The van der Waals surface area contributed by atoms with Gasteiger partial charge in [-0.3, -0.25) is 4.79 Å². The molecule has 0 aliphatic carbocycles. The van der Waals surface area contributed by atoms with Crippen LogP contribution in [0.4, 0.5) is 0 Å². The van der Waals surface area contributed by atoms with E-state index in [1.807, 2.05) is 52.1 Å². The molecule has 106 valence electrons. The number of rotatable bonds is 7. The van der Waals surface area contributed by atoms with Gasteiger partial charge in [0.2, 0.25) is 5.91 Å². The average molecular weight is 264 g/mol. The van der Waals surface area contributed by atoms with Crippen molar-refractivity contribution in [2.24, 2.45) is 0 Å². The Morgan fingerprint density at radius 2 is 2.05 bits per heavy atom. The van der Waals surface area contributed by atoms with Crippen molar-refractivity contribution in [1.82, 2.24) is 10.2 Å². The van der Waals surface area contributed by atoms with Crippen LogP contribution in [0.2, 0.25) is 0 Å². The van der Waals surface area contributed by atoms with Crippen molar-refractivity contribution in [2.45, 2.75) is 33.4 Å². The Bertz CT molecular complexity index is 407. The number of para-hydroxylation sites is 1. The van der Waals surface area contributed by atoms with Crippen molar-refractivity contribution in [1.29, 1.82) is 0 Å². The molecule has 1 aromatic rings. The van der Waals surface area contributed by atoms with Gasteiger partial charge in [-0.1, -0.05) is 18.2 Å². The molecule has 1 atom stereocenters. The topological polar surface area (TPSA) is 41.6 Å². The highest BCUT2D eigenvalue weighted by Gasteiger charge is 2.16. The van der Waals surface area contributed by atoms with E-state index in [-0.39, 0.29) is 11.9 Å². The third-order valence-electron chi connectivity index (χ3n) is 3.09. The van der Waals surface area contributed by atoms with Crippen LogP contribution in [0.25, 0.3) is 0 Å². The van der Waals surface area contributed by atoms with E-state index >= 15 is 0 Å². The second-order valence-corrected chi connectivity index (χ2v) is 4.50. The average Bonchev–Trinajstić information content (AvgIpc) is 2.44. The fourth-order valence-corrected chi connectivity index (χ4v) is 1.78. The Kier molecular flexibility index (Phi) is 6.36. The lowest BCUT2D eigenvalue weighted by Gasteiger charge is -2.21. The number of hydrogen-bond donors (Lipinski definition) is 1. The minimum absolute atomic E-state index is 0.108. The molecule has 1 rings (SSSR count). The minimum Gasteiger partial charge on any atom is -0.494 e. The number of amides is 1. The van der Waals surface area contributed by atoms with Crippen molar-refractivity contribution in [3.63, 3.8) is 0 Å². The van der Waals surface area contributed by atoms with E-state index in [1.165, 1.54) is 0 Å². The first kappa shape index (κ1) is 15.5. The zero-order chi connectivity index (χ0) is 14.3. The lowest BCUT2D eigenvalue weighted by atomic mass is 10.2. The number of carbonyl (C=O) groups excluding carboxylic acids is 1. The molecule has 0 fully saturated rings. The summed E-state index contributed by atoms with van der Waals surface area (Å²) in [4.78, 5) is 13.7. The van der Waals surface area contributed by atoms with Crippen molar-refractivity contribution in [3.05, 3.63) is 29.8 Å². The molecule has 1 N–H and O–H groups in total.